The Bertz CT molecular complexity index is 541. The predicted molar refractivity (Wildman–Crippen MR) is 85.9 cm³/mol. The number of rotatable bonds is 5. The van der Waals surface area contributed by atoms with Crippen molar-refractivity contribution in [3.8, 4) is 0 Å². The summed E-state index contributed by atoms with van der Waals surface area (Å²) >= 11 is 0. The maximum absolute atomic E-state index is 5.68. The molecule has 0 amide bonds. The van der Waals surface area contributed by atoms with Crippen molar-refractivity contribution in [1.82, 2.24) is 14.7 Å². The lowest BCUT2D eigenvalue weighted by Gasteiger charge is -2.32. The summed E-state index contributed by atoms with van der Waals surface area (Å²) in [5.74, 6) is 0.837. The SMILES string of the molecule is Nc1cnn(CCN2CCC(Cc3ccccc3)CC2)c1. The Balaban J connectivity index is 1.40. The third-order valence-corrected chi connectivity index (χ3v) is 4.37. The van der Waals surface area contributed by atoms with Gasteiger partial charge < -0.3 is 10.6 Å². The van der Waals surface area contributed by atoms with E-state index < -0.39 is 0 Å². The second-order valence-corrected chi connectivity index (χ2v) is 6.01. The van der Waals surface area contributed by atoms with E-state index in [9.17, 15) is 0 Å². The number of hydrogen-bond acceptors (Lipinski definition) is 3. The Hall–Kier alpha value is -1.81. The highest BCUT2D eigenvalue weighted by atomic mass is 15.3. The molecule has 21 heavy (non-hydrogen) atoms. The van der Waals surface area contributed by atoms with Crippen LogP contribution in [0.1, 0.15) is 18.4 Å². The molecule has 1 aliphatic rings. The van der Waals surface area contributed by atoms with Crippen molar-refractivity contribution < 1.29 is 0 Å². The Morgan fingerprint density at radius 1 is 1.10 bits per heavy atom. The first-order valence-electron chi connectivity index (χ1n) is 7.84. The number of anilines is 1. The van der Waals surface area contributed by atoms with Gasteiger partial charge in [0.25, 0.3) is 0 Å². The van der Waals surface area contributed by atoms with Crippen LogP contribution in [0.15, 0.2) is 42.7 Å². The zero-order valence-corrected chi connectivity index (χ0v) is 12.5. The number of aromatic nitrogens is 2. The summed E-state index contributed by atoms with van der Waals surface area (Å²) in [6, 6.07) is 10.9. The first-order valence-corrected chi connectivity index (χ1v) is 7.84. The predicted octanol–water partition coefficient (Wildman–Crippen LogP) is 2.42. The Morgan fingerprint density at radius 3 is 2.52 bits per heavy atom. The molecule has 0 radical (unpaired) electrons. The van der Waals surface area contributed by atoms with Gasteiger partial charge in [0.2, 0.25) is 0 Å². The lowest BCUT2D eigenvalue weighted by atomic mass is 9.90. The zero-order valence-electron chi connectivity index (χ0n) is 12.5. The monoisotopic (exact) mass is 284 g/mol. The van der Waals surface area contributed by atoms with Crippen molar-refractivity contribution in [3.05, 3.63) is 48.3 Å². The zero-order chi connectivity index (χ0) is 14.5. The van der Waals surface area contributed by atoms with Gasteiger partial charge in [-0.15, -0.1) is 0 Å². The van der Waals surface area contributed by atoms with Crippen LogP contribution in [0.4, 0.5) is 5.69 Å². The standard InChI is InChI=1S/C17H24N4/c18-17-13-19-21(14-17)11-10-20-8-6-16(7-9-20)12-15-4-2-1-3-5-15/h1-5,13-14,16H,6-12,18H2. The number of nitrogens with two attached hydrogens (primary N) is 1. The van der Waals surface area contributed by atoms with E-state index in [0.29, 0.717) is 0 Å². The van der Waals surface area contributed by atoms with Crippen LogP contribution in [0.3, 0.4) is 0 Å². The van der Waals surface area contributed by atoms with Gasteiger partial charge >= 0.3 is 0 Å². The molecule has 1 fully saturated rings. The first-order chi connectivity index (χ1) is 10.3. The highest BCUT2D eigenvalue weighted by Gasteiger charge is 2.19. The van der Waals surface area contributed by atoms with E-state index in [1.165, 1.54) is 37.9 Å². The summed E-state index contributed by atoms with van der Waals surface area (Å²) in [7, 11) is 0. The molecule has 1 saturated heterocycles. The molecule has 3 rings (SSSR count). The maximum atomic E-state index is 5.68. The highest BCUT2D eigenvalue weighted by Crippen LogP contribution is 2.21. The fraction of sp³-hybridized carbons (Fsp3) is 0.471. The molecule has 2 aromatic rings. The van der Waals surface area contributed by atoms with Gasteiger partial charge in [-0.3, -0.25) is 4.68 Å². The van der Waals surface area contributed by atoms with Crippen LogP contribution in [0, 0.1) is 5.92 Å². The second kappa shape index (κ2) is 6.76. The summed E-state index contributed by atoms with van der Waals surface area (Å²) in [5, 5.41) is 4.24. The molecular formula is C17H24N4. The van der Waals surface area contributed by atoms with Crippen LogP contribution in [0.25, 0.3) is 0 Å². The lowest BCUT2D eigenvalue weighted by Crippen LogP contribution is -2.36. The van der Waals surface area contributed by atoms with Crippen molar-refractivity contribution in [2.75, 3.05) is 25.4 Å². The molecule has 0 atom stereocenters. The molecule has 0 saturated carbocycles. The number of piperidine rings is 1. The number of likely N-dealkylation sites (tertiary alicyclic amines) is 1. The van der Waals surface area contributed by atoms with E-state index in [0.717, 1.165) is 24.7 Å². The van der Waals surface area contributed by atoms with Gasteiger partial charge in [-0.2, -0.15) is 5.10 Å². The Kier molecular flexibility index (Phi) is 4.55. The third kappa shape index (κ3) is 4.08. The molecular weight excluding hydrogens is 260 g/mol. The van der Waals surface area contributed by atoms with Gasteiger partial charge in [-0.1, -0.05) is 30.3 Å². The van der Waals surface area contributed by atoms with E-state index in [2.05, 4.69) is 40.3 Å². The van der Waals surface area contributed by atoms with Crippen LogP contribution in [0.5, 0.6) is 0 Å². The summed E-state index contributed by atoms with van der Waals surface area (Å²) in [4.78, 5) is 2.54. The maximum Gasteiger partial charge on any atom is 0.0719 e. The molecule has 1 aliphatic heterocycles. The van der Waals surface area contributed by atoms with E-state index in [1.807, 2.05) is 10.9 Å². The molecule has 2 N–H and O–H groups in total. The number of nitrogen functional groups attached to an aromatic ring is 1. The molecule has 4 nitrogen and oxygen atoms in total. The smallest absolute Gasteiger partial charge is 0.0719 e. The molecule has 1 aromatic heterocycles. The van der Waals surface area contributed by atoms with Crippen molar-refractivity contribution in [3.63, 3.8) is 0 Å². The molecule has 0 bridgehead atoms. The summed E-state index contributed by atoms with van der Waals surface area (Å²) < 4.78 is 1.94. The Morgan fingerprint density at radius 2 is 1.86 bits per heavy atom. The van der Waals surface area contributed by atoms with Gasteiger partial charge in [0.05, 0.1) is 18.4 Å². The molecule has 0 unspecified atom stereocenters. The normalized spacial score (nSPS) is 17.1. The summed E-state index contributed by atoms with van der Waals surface area (Å²) in [5.41, 5.74) is 7.90. The minimum absolute atomic E-state index is 0.747. The molecule has 112 valence electrons. The molecule has 0 aliphatic carbocycles. The van der Waals surface area contributed by atoms with Gasteiger partial charge in [0, 0.05) is 12.7 Å². The summed E-state index contributed by atoms with van der Waals surface area (Å²) in [6.45, 7) is 4.40. The van der Waals surface area contributed by atoms with Crippen LogP contribution in [0.2, 0.25) is 0 Å². The molecule has 1 aromatic carbocycles. The summed E-state index contributed by atoms with van der Waals surface area (Å²) in [6.07, 6.45) is 7.45. The lowest BCUT2D eigenvalue weighted by molar-refractivity contribution is 0.176. The van der Waals surface area contributed by atoms with Crippen LogP contribution in [-0.2, 0) is 13.0 Å². The van der Waals surface area contributed by atoms with Gasteiger partial charge in [-0.25, -0.2) is 0 Å². The second-order valence-electron chi connectivity index (χ2n) is 6.01. The van der Waals surface area contributed by atoms with Crippen LogP contribution >= 0.6 is 0 Å². The third-order valence-electron chi connectivity index (χ3n) is 4.37. The number of hydrogen-bond donors (Lipinski definition) is 1. The minimum Gasteiger partial charge on any atom is -0.396 e. The van der Waals surface area contributed by atoms with E-state index in [1.54, 1.807) is 6.20 Å². The highest BCUT2D eigenvalue weighted by molar-refractivity contribution is 5.30. The van der Waals surface area contributed by atoms with E-state index in [-0.39, 0.29) is 0 Å². The van der Waals surface area contributed by atoms with Crippen molar-refractivity contribution >= 4 is 5.69 Å². The van der Waals surface area contributed by atoms with E-state index in [4.69, 9.17) is 5.73 Å². The molecule has 2 heterocycles. The van der Waals surface area contributed by atoms with Crippen LogP contribution < -0.4 is 5.73 Å². The van der Waals surface area contributed by atoms with Crippen LogP contribution in [-0.4, -0.2) is 34.3 Å². The topological polar surface area (TPSA) is 47.1 Å². The quantitative estimate of drug-likeness (QED) is 0.917. The van der Waals surface area contributed by atoms with E-state index >= 15 is 0 Å². The van der Waals surface area contributed by atoms with Crippen molar-refractivity contribution in [2.24, 2.45) is 5.92 Å². The fourth-order valence-corrected chi connectivity index (χ4v) is 3.11. The average molecular weight is 284 g/mol. The van der Waals surface area contributed by atoms with Gasteiger partial charge in [0.15, 0.2) is 0 Å². The Labute approximate surface area is 126 Å². The average Bonchev–Trinajstić information content (AvgIpc) is 2.93. The van der Waals surface area contributed by atoms with Crippen molar-refractivity contribution in [1.29, 1.82) is 0 Å². The van der Waals surface area contributed by atoms with Gasteiger partial charge in [-0.05, 0) is 43.8 Å². The minimum atomic E-state index is 0.747. The number of nitrogens with zero attached hydrogens (tertiary/aromatic N) is 3. The number of benzene rings is 1. The molecule has 0 spiro atoms. The molecule has 4 heteroatoms. The van der Waals surface area contributed by atoms with Crippen molar-refractivity contribution in [2.45, 2.75) is 25.8 Å². The van der Waals surface area contributed by atoms with Gasteiger partial charge in [0.1, 0.15) is 0 Å². The fourth-order valence-electron chi connectivity index (χ4n) is 3.11. The largest absolute Gasteiger partial charge is 0.396 e. The first kappa shape index (κ1) is 14.1.